The van der Waals surface area contributed by atoms with Gasteiger partial charge in [0.1, 0.15) is 11.6 Å². The highest BCUT2D eigenvalue weighted by Crippen LogP contribution is 2.17. The third-order valence-corrected chi connectivity index (χ3v) is 2.99. The third kappa shape index (κ3) is 3.27. The van der Waals surface area contributed by atoms with E-state index in [-0.39, 0.29) is 23.6 Å². The Labute approximate surface area is 114 Å². The van der Waals surface area contributed by atoms with Crippen molar-refractivity contribution in [3.05, 3.63) is 41.0 Å². The van der Waals surface area contributed by atoms with Gasteiger partial charge in [0.15, 0.2) is 6.29 Å². The fraction of sp³-hybridized carbons (Fsp3) is 0.286. The molecule has 2 N–H and O–H groups in total. The summed E-state index contributed by atoms with van der Waals surface area (Å²) in [5.41, 5.74) is 5.46. The minimum Gasteiger partial charge on any atom is -0.398 e. The molecule has 20 heavy (non-hydrogen) atoms. The molecule has 0 bridgehead atoms. The lowest BCUT2D eigenvalue weighted by molar-refractivity contribution is 0.111. The Morgan fingerprint density at radius 3 is 2.65 bits per heavy atom. The average Bonchev–Trinajstić information content (AvgIpc) is 2.91. The van der Waals surface area contributed by atoms with E-state index in [0.29, 0.717) is 13.2 Å². The Hall–Kier alpha value is -2.08. The fourth-order valence-corrected chi connectivity index (χ4v) is 1.84. The topological polar surface area (TPSA) is 64.7 Å². The van der Waals surface area contributed by atoms with Gasteiger partial charge in [-0.05, 0) is 24.6 Å². The number of carbonyl (C=O) groups excluding carboxylic acids is 1. The maximum atomic E-state index is 13.4. The van der Waals surface area contributed by atoms with Crippen molar-refractivity contribution >= 4 is 18.2 Å². The van der Waals surface area contributed by atoms with Crippen molar-refractivity contribution in [2.45, 2.75) is 12.5 Å². The van der Waals surface area contributed by atoms with Crippen molar-refractivity contribution in [1.29, 1.82) is 0 Å². The van der Waals surface area contributed by atoms with Gasteiger partial charge in [-0.1, -0.05) is 0 Å². The first-order valence-electron chi connectivity index (χ1n) is 6.13. The molecule has 1 atom stereocenters. The quantitative estimate of drug-likeness (QED) is 0.677. The highest BCUT2D eigenvalue weighted by Gasteiger charge is 2.13. The van der Waals surface area contributed by atoms with E-state index in [1.807, 2.05) is 0 Å². The molecule has 1 saturated heterocycles. The molecule has 1 unspecified atom stereocenters. The van der Waals surface area contributed by atoms with E-state index >= 15 is 0 Å². The summed E-state index contributed by atoms with van der Waals surface area (Å²) < 4.78 is 32.0. The SMILES string of the molecule is NC(=CC=NC1CCOC1)c1cc(F)c(C=O)c(F)c1. The monoisotopic (exact) mass is 280 g/mol. The first-order chi connectivity index (χ1) is 9.61. The maximum Gasteiger partial charge on any atom is 0.155 e. The minimum atomic E-state index is -0.938. The molecule has 2 rings (SSSR count). The van der Waals surface area contributed by atoms with Gasteiger partial charge in [-0.3, -0.25) is 9.79 Å². The number of nitrogens with two attached hydrogens (primary N) is 1. The van der Waals surface area contributed by atoms with Gasteiger partial charge in [-0.15, -0.1) is 0 Å². The second-order valence-electron chi connectivity index (χ2n) is 4.41. The number of nitrogens with zero attached hydrogens (tertiary/aromatic N) is 1. The molecule has 6 heteroatoms. The number of ether oxygens (including phenoxy) is 1. The van der Waals surface area contributed by atoms with E-state index in [2.05, 4.69) is 4.99 Å². The largest absolute Gasteiger partial charge is 0.398 e. The number of halogens is 2. The van der Waals surface area contributed by atoms with Crippen molar-refractivity contribution in [1.82, 2.24) is 0 Å². The molecule has 0 aliphatic carbocycles. The second-order valence-corrected chi connectivity index (χ2v) is 4.41. The summed E-state index contributed by atoms with van der Waals surface area (Å²) >= 11 is 0. The molecule has 4 nitrogen and oxygen atoms in total. The van der Waals surface area contributed by atoms with Crippen LogP contribution in [0.2, 0.25) is 0 Å². The molecule has 1 aliphatic heterocycles. The van der Waals surface area contributed by atoms with Crippen LogP contribution in [0.5, 0.6) is 0 Å². The van der Waals surface area contributed by atoms with E-state index in [0.717, 1.165) is 18.6 Å². The lowest BCUT2D eigenvalue weighted by Crippen LogP contribution is -2.04. The van der Waals surface area contributed by atoms with Crippen LogP contribution in [0.15, 0.2) is 23.2 Å². The maximum absolute atomic E-state index is 13.4. The van der Waals surface area contributed by atoms with Crippen molar-refractivity contribution in [2.75, 3.05) is 13.2 Å². The number of allylic oxidation sites excluding steroid dienone is 1. The Balaban J connectivity index is 2.15. The van der Waals surface area contributed by atoms with Gasteiger partial charge >= 0.3 is 0 Å². The van der Waals surface area contributed by atoms with E-state index in [1.54, 1.807) is 0 Å². The normalized spacial score (nSPS) is 19.7. The Kier molecular flexibility index (Phi) is 4.57. The number of hydrogen-bond donors (Lipinski definition) is 1. The lowest BCUT2D eigenvalue weighted by atomic mass is 10.1. The lowest BCUT2D eigenvalue weighted by Gasteiger charge is -2.04. The molecule has 1 fully saturated rings. The number of benzene rings is 1. The summed E-state index contributed by atoms with van der Waals surface area (Å²) in [7, 11) is 0. The summed E-state index contributed by atoms with van der Waals surface area (Å²) in [5.74, 6) is -1.88. The van der Waals surface area contributed by atoms with Crippen LogP contribution in [-0.2, 0) is 4.74 Å². The third-order valence-electron chi connectivity index (χ3n) is 2.99. The van der Waals surface area contributed by atoms with Crippen molar-refractivity contribution in [3.63, 3.8) is 0 Å². The highest BCUT2D eigenvalue weighted by molar-refractivity contribution is 5.84. The number of hydrogen-bond acceptors (Lipinski definition) is 4. The predicted octanol–water partition coefficient (Wildman–Crippen LogP) is 1.94. The van der Waals surface area contributed by atoms with E-state index in [9.17, 15) is 13.6 Å². The molecule has 0 amide bonds. The van der Waals surface area contributed by atoms with Crippen molar-refractivity contribution < 1.29 is 18.3 Å². The molecule has 0 radical (unpaired) electrons. The first kappa shape index (κ1) is 14.3. The van der Waals surface area contributed by atoms with Gasteiger partial charge in [-0.25, -0.2) is 8.78 Å². The standard InChI is InChI=1S/C14H14F2N2O2/c15-12-5-9(6-13(16)11(12)7-19)14(17)1-3-18-10-2-4-20-8-10/h1,3,5-7,10H,2,4,8,17H2. The molecular weight excluding hydrogens is 266 g/mol. The molecule has 1 aliphatic rings. The van der Waals surface area contributed by atoms with Gasteiger partial charge in [0.05, 0.1) is 18.2 Å². The predicted molar refractivity (Wildman–Crippen MR) is 71.6 cm³/mol. The Morgan fingerprint density at radius 1 is 1.40 bits per heavy atom. The average molecular weight is 280 g/mol. The molecule has 1 aromatic rings. The second kappa shape index (κ2) is 6.38. The smallest absolute Gasteiger partial charge is 0.155 e. The minimum absolute atomic E-state index is 0.102. The zero-order chi connectivity index (χ0) is 14.5. The van der Waals surface area contributed by atoms with Crippen LogP contribution in [-0.4, -0.2) is 31.8 Å². The van der Waals surface area contributed by atoms with Crippen LogP contribution in [0, 0.1) is 11.6 Å². The van der Waals surface area contributed by atoms with E-state index in [4.69, 9.17) is 10.5 Å². The molecule has 1 heterocycles. The van der Waals surface area contributed by atoms with E-state index < -0.39 is 17.2 Å². The van der Waals surface area contributed by atoms with Crippen molar-refractivity contribution in [2.24, 2.45) is 10.7 Å². The fourth-order valence-electron chi connectivity index (χ4n) is 1.84. The van der Waals surface area contributed by atoms with Crippen LogP contribution in [0.3, 0.4) is 0 Å². The molecule has 0 saturated carbocycles. The Bertz CT molecular complexity index is 541. The van der Waals surface area contributed by atoms with Crippen LogP contribution in [0.1, 0.15) is 22.3 Å². The molecule has 1 aromatic carbocycles. The van der Waals surface area contributed by atoms with Gasteiger partial charge in [0.2, 0.25) is 0 Å². The van der Waals surface area contributed by atoms with Crippen LogP contribution < -0.4 is 5.73 Å². The van der Waals surface area contributed by atoms with Crippen LogP contribution in [0.4, 0.5) is 8.78 Å². The molecular formula is C14H14F2N2O2. The van der Waals surface area contributed by atoms with Gasteiger partial charge in [0, 0.05) is 24.1 Å². The van der Waals surface area contributed by atoms with Gasteiger partial charge < -0.3 is 10.5 Å². The summed E-state index contributed by atoms with van der Waals surface area (Å²) in [4.78, 5) is 14.7. The summed E-state index contributed by atoms with van der Waals surface area (Å²) in [6.07, 6.45) is 3.95. The number of carbonyl (C=O) groups is 1. The molecule has 106 valence electrons. The highest BCUT2D eigenvalue weighted by atomic mass is 19.1. The number of aldehydes is 1. The molecule has 0 aromatic heterocycles. The van der Waals surface area contributed by atoms with Gasteiger partial charge in [-0.2, -0.15) is 0 Å². The number of aliphatic imine (C=N–C) groups is 1. The summed E-state index contributed by atoms with van der Waals surface area (Å²) in [6, 6.07) is 2.14. The van der Waals surface area contributed by atoms with Crippen molar-refractivity contribution in [3.8, 4) is 0 Å². The van der Waals surface area contributed by atoms with E-state index in [1.165, 1.54) is 12.3 Å². The summed E-state index contributed by atoms with van der Waals surface area (Å²) in [5, 5.41) is 0. The Morgan fingerprint density at radius 2 is 2.10 bits per heavy atom. The van der Waals surface area contributed by atoms with Gasteiger partial charge in [0.25, 0.3) is 0 Å². The zero-order valence-electron chi connectivity index (χ0n) is 10.7. The van der Waals surface area contributed by atoms with Crippen LogP contribution >= 0.6 is 0 Å². The summed E-state index contributed by atoms with van der Waals surface area (Å²) in [6.45, 7) is 1.26. The zero-order valence-corrected chi connectivity index (χ0v) is 10.7. The van der Waals surface area contributed by atoms with Crippen LogP contribution in [0.25, 0.3) is 5.70 Å². The first-order valence-corrected chi connectivity index (χ1v) is 6.13. The molecule has 0 spiro atoms. The number of rotatable bonds is 4.